The molecular weight excluding hydrogens is 393 g/mol. The number of amidine groups is 1. The Bertz CT molecular complexity index is 550. The molecule has 0 bridgehead atoms. The number of nitrogens with zero attached hydrogens (tertiary/aromatic N) is 2. The maximum absolute atomic E-state index is 12.7. The van der Waals surface area contributed by atoms with Crippen molar-refractivity contribution in [2.45, 2.75) is 25.3 Å². The molecule has 0 saturated carbocycles. The number of benzene rings is 1. The van der Waals surface area contributed by atoms with Crippen molar-refractivity contribution in [2.75, 3.05) is 6.54 Å². The van der Waals surface area contributed by atoms with Crippen molar-refractivity contribution in [2.24, 2.45) is 10.9 Å². The van der Waals surface area contributed by atoms with Crippen molar-refractivity contribution < 1.29 is 10.0 Å². The van der Waals surface area contributed by atoms with Crippen LogP contribution in [0.1, 0.15) is 29.6 Å². The lowest BCUT2D eigenvalue weighted by Crippen LogP contribution is -2.50. The number of hydrogen-bond donors (Lipinski definition) is 2. The molecule has 1 aliphatic rings. The molecule has 1 aromatic carbocycles. The van der Waals surface area contributed by atoms with Crippen LogP contribution in [0.2, 0.25) is 5.02 Å². The van der Waals surface area contributed by atoms with E-state index in [0.29, 0.717) is 23.6 Å². The number of carbonyl (C=O) groups excluding carboxylic acids is 1. The van der Waals surface area contributed by atoms with Gasteiger partial charge in [-0.05, 0) is 60.1 Å². The first-order valence-corrected chi connectivity index (χ1v) is 7.73. The van der Waals surface area contributed by atoms with Crippen LogP contribution in [0, 0.1) is 3.57 Å². The van der Waals surface area contributed by atoms with Crippen molar-refractivity contribution in [1.82, 2.24) is 4.90 Å². The highest BCUT2D eigenvalue weighted by Gasteiger charge is 2.31. The molecule has 1 aliphatic heterocycles. The van der Waals surface area contributed by atoms with Gasteiger partial charge in [0.25, 0.3) is 5.91 Å². The fourth-order valence-corrected chi connectivity index (χ4v) is 3.10. The molecule has 1 saturated heterocycles. The zero-order valence-electron chi connectivity index (χ0n) is 10.7. The lowest BCUT2D eigenvalue weighted by Gasteiger charge is -2.35. The summed E-state index contributed by atoms with van der Waals surface area (Å²) >= 11 is 8.07. The van der Waals surface area contributed by atoms with Gasteiger partial charge in [-0.15, -0.1) is 0 Å². The molecule has 3 N–H and O–H groups in total. The summed E-state index contributed by atoms with van der Waals surface area (Å²) in [5.74, 6) is -0.0525. The van der Waals surface area contributed by atoms with E-state index in [1.165, 1.54) is 0 Å². The Morgan fingerprint density at radius 1 is 1.50 bits per heavy atom. The van der Waals surface area contributed by atoms with Gasteiger partial charge in [-0.3, -0.25) is 4.79 Å². The Labute approximate surface area is 135 Å². The van der Waals surface area contributed by atoms with Crippen LogP contribution in [0.5, 0.6) is 0 Å². The molecule has 0 radical (unpaired) electrons. The van der Waals surface area contributed by atoms with Crippen molar-refractivity contribution in [3.05, 3.63) is 32.4 Å². The first-order valence-electron chi connectivity index (χ1n) is 6.28. The lowest BCUT2D eigenvalue weighted by molar-refractivity contribution is 0.0675. The van der Waals surface area contributed by atoms with Crippen molar-refractivity contribution in [1.29, 1.82) is 0 Å². The van der Waals surface area contributed by atoms with Crippen LogP contribution in [0.3, 0.4) is 0 Å². The minimum absolute atomic E-state index is 0.0788. The maximum atomic E-state index is 12.7. The van der Waals surface area contributed by atoms with Gasteiger partial charge < -0.3 is 15.8 Å². The van der Waals surface area contributed by atoms with Gasteiger partial charge in [0.2, 0.25) is 0 Å². The molecule has 1 atom stereocenters. The monoisotopic (exact) mass is 407 g/mol. The van der Waals surface area contributed by atoms with E-state index in [2.05, 4.69) is 27.7 Å². The first kappa shape index (κ1) is 15.4. The molecule has 0 spiro atoms. The third-order valence-corrected chi connectivity index (χ3v) is 4.56. The number of hydrogen-bond acceptors (Lipinski definition) is 3. The average Bonchev–Trinajstić information content (AvgIpc) is 2.48. The molecule has 108 valence electrons. The van der Waals surface area contributed by atoms with Crippen LogP contribution >= 0.6 is 34.2 Å². The number of oxime groups is 1. The van der Waals surface area contributed by atoms with Gasteiger partial charge in [0.15, 0.2) is 5.84 Å². The number of nitrogens with two attached hydrogens (primary N) is 1. The molecule has 20 heavy (non-hydrogen) atoms. The summed E-state index contributed by atoms with van der Waals surface area (Å²) in [5.41, 5.74) is 6.25. The second-order valence-corrected chi connectivity index (χ2v) is 6.26. The van der Waals surface area contributed by atoms with Gasteiger partial charge in [-0.2, -0.15) is 0 Å². The lowest BCUT2D eigenvalue weighted by atomic mass is 10.00. The number of carbonyl (C=O) groups is 1. The summed E-state index contributed by atoms with van der Waals surface area (Å²) in [5, 5.41) is 12.4. The number of rotatable bonds is 2. The van der Waals surface area contributed by atoms with Crippen molar-refractivity contribution in [3.8, 4) is 0 Å². The van der Waals surface area contributed by atoms with Crippen LogP contribution in [0.25, 0.3) is 0 Å². The van der Waals surface area contributed by atoms with Gasteiger partial charge >= 0.3 is 0 Å². The zero-order chi connectivity index (χ0) is 14.7. The highest BCUT2D eigenvalue weighted by Crippen LogP contribution is 2.24. The second kappa shape index (κ2) is 6.62. The second-order valence-electron chi connectivity index (χ2n) is 4.66. The normalized spacial score (nSPS) is 20.0. The Morgan fingerprint density at radius 2 is 2.25 bits per heavy atom. The van der Waals surface area contributed by atoms with Crippen LogP contribution in [-0.2, 0) is 0 Å². The minimum Gasteiger partial charge on any atom is -0.409 e. The Kier molecular flexibility index (Phi) is 5.09. The SMILES string of the molecule is N/C(=N/O)C1CCCCN1C(=O)c1cc(Cl)ccc1I. The topological polar surface area (TPSA) is 78.9 Å². The molecular formula is C13H15ClIN3O2. The summed E-state index contributed by atoms with van der Waals surface area (Å²) in [6, 6.07) is 4.86. The van der Waals surface area contributed by atoms with E-state index in [-0.39, 0.29) is 17.8 Å². The molecule has 1 fully saturated rings. The molecule has 1 amide bonds. The van der Waals surface area contributed by atoms with E-state index >= 15 is 0 Å². The Hall–Kier alpha value is -1.02. The third kappa shape index (κ3) is 3.17. The standard InChI is InChI=1S/C13H15ClIN3O2/c14-8-4-5-10(15)9(7-8)13(19)18-6-2-1-3-11(18)12(16)17-20/h4-5,7,11,20H,1-3,6H2,(H2,16,17). The van der Waals surface area contributed by atoms with Gasteiger partial charge in [0.05, 0.1) is 11.6 Å². The van der Waals surface area contributed by atoms with Crippen molar-refractivity contribution >= 4 is 45.9 Å². The molecule has 5 nitrogen and oxygen atoms in total. The quantitative estimate of drug-likeness (QED) is 0.260. The van der Waals surface area contributed by atoms with Crippen LogP contribution in [-0.4, -0.2) is 34.4 Å². The van der Waals surface area contributed by atoms with Gasteiger partial charge in [0.1, 0.15) is 0 Å². The minimum atomic E-state index is -0.351. The largest absolute Gasteiger partial charge is 0.409 e. The highest BCUT2D eigenvalue weighted by atomic mass is 127. The predicted molar refractivity (Wildman–Crippen MR) is 86.3 cm³/mol. The fourth-order valence-electron chi connectivity index (χ4n) is 2.36. The molecule has 7 heteroatoms. The van der Waals surface area contributed by atoms with Crippen LogP contribution < -0.4 is 5.73 Å². The molecule has 1 unspecified atom stereocenters. The fraction of sp³-hybridized carbons (Fsp3) is 0.385. The van der Waals surface area contributed by atoms with E-state index in [0.717, 1.165) is 16.4 Å². The average molecular weight is 408 g/mol. The highest BCUT2D eigenvalue weighted by molar-refractivity contribution is 14.1. The molecule has 2 rings (SSSR count). The maximum Gasteiger partial charge on any atom is 0.255 e. The van der Waals surface area contributed by atoms with Gasteiger partial charge in [-0.25, -0.2) is 0 Å². The van der Waals surface area contributed by atoms with Crippen LogP contribution in [0.4, 0.5) is 0 Å². The molecule has 1 aromatic rings. The Morgan fingerprint density at radius 3 is 2.95 bits per heavy atom. The van der Waals surface area contributed by atoms with E-state index in [1.807, 2.05) is 0 Å². The number of amides is 1. The summed E-state index contributed by atoms with van der Waals surface area (Å²) in [4.78, 5) is 14.3. The molecule has 0 aliphatic carbocycles. The summed E-state index contributed by atoms with van der Waals surface area (Å²) in [6.45, 7) is 0.600. The third-order valence-electron chi connectivity index (χ3n) is 3.38. The van der Waals surface area contributed by atoms with Crippen LogP contribution in [0.15, 0.2) is 23.4 Å². The van der Waals surface area contributed by atoms with Gasteiger partial charge in [0, 0.05) is 15.1 Å². The first-order chi connectivity index (χ1) is 9.54. The number of halogens is 2. The number of piperidine rings is 1. The van der Waals surface area contributed by atoms with E-state index in [9.17, 15) is 4.79 Å². The summed E-state index contributed by atoms with van der Waals surface area (Å²) < 4.78 is 0.834. The summed E-state index contributed by atoms with van der Waals surface area (Å²) in [7, 11) is 0. The van der Waals surface area contributed by atoms with E-state index in [4.69, 9.17) is 22.5 Å². The predicted octanol–water partition coefficient (Wildman–Crippen LogP) is 2.69. The van der Waals surface area contributed by atoms with Gasteiger partial charge in [-0.1, -0.05) is 16.8 Å². The Balaban J connectivity index is 2.32. The summed E-state index contributed by atoms with van der Waals surface area (Å²) in [6.07, 6.45) is 2.58. The molecule has 0 aromatic heterocycles. The van der Waals surface area contributed by atoms with E-state index in [1.54, 1.807) is 23.1 Å². The smallest absolute Gasteiger partial charge is 0.255 e. The number of likely N-dealkylation sites (tertiary alicyclic amines) is 1. The molecule has 1 heterocycles. The van der Waals surface area contributed by atoms with Crippen molar-refractivity contribution in [3.63, 3.8) is 0 Å². The zero-order valence-corrected chi connectivity index (χ0v) is 13.6. The van der Waals surface area contributed by atoms with E-state index < -0.39 is 0 Å².